The van der Waals surface area contributed by atoms with E-state index in [1.807, 2.05) is 0 Å². The van der Waals surface area contributed by atoms with Crippen molar-refractivity contribution in [2.45, 2.75) is 65.1 Å². The number of hydrogen-bond donors (Lipinski definition) is 1. The quantitative estimate of drug-likeness (QED) is 0.914. The SMILES string of the molecule is Cc1sc(CN)cc1COC1CC(C)OC(C)C1. The molecule has 0 saturated carbocycles. The van der Waals surface area contributed by atoms with Gasteiger partial charge in [0.05, 0.1) is 24.9 Å². The summed E-state index contributed by atoms with van der Waals surface area (Å²) in [7, 11) is 0. The average molecular weight is 269 g/mol. The van der Waals surface area contributed by atoms with E-state index in [9.17, 15) is 0 Å². The zero-order valence-corrected chi connectivity index (χ0v) is 12.3. The molecule has 1 aliphatic heterocycles. The summed E-state index contributed by atoms with van der Waals surface area (Å²) in [5.74, 6) is 0. The summed E-state index contributed by atoms with van der Waals surface area (Å²) in [6.07, 6.45) is 2.93. The molecule has 3 nitrogen and oxygen atoms in total. The van der Waals surface area contributed by atoms with Crippen LogP contribution in [-0.4, -0.2) is 18.3 Å². The first-order valence-electron chi connectivity index (χ1n) is 6.63. The summed E-state index contributed by atoms with van der Waals surface area (Å²) in [6.45, 7) is 7.70. The fourth-order valence-electron chi connectivity index (χ4n) is 2.52. The van der Waals surface area contributed by atoms with Crippen LogP contribution in [0.3, 0.4) is 0 Å². The number of hydrogen-bond acceptors (Lipinski definition) is 4. The highest BCUT2D eigenvalue weighted by Crippen LogP contribution is 2.25. The number of rotatable bonds is 4. The lowest BCUT2D eigenvalue weighted by Crippen LogP contribution is -2.33. The predicted octanol–water partition coefficient (Wildman–Crippen LogP) is 2.99. The van der Waals surface area contributed by atoms with Gasteiger partial charge in [0.2, 0.25) is 0 Å². The molecule has 1 saturated heterocycles. The van der Waals surface area contributed by atoms with Gasteiger partial charge in [0, 0.05) is 16.3 Å². The summed E-state index contributed by atoms with van der Waals surface area (Å²) in [6, 6.07) is 2.17. The van der Waals surface area contributed by atoms with Crippen LogP contribution in [0.5, 0.6) is 0 Å². The molecule has 18 heavy (non-hydrogen) atoms. The molecule has 1 aromatic rings. The minimum Gasteiger partial charge on any atom is -0.375 e. The van der Waals surface area contributed by atoms with Crippen LogP contribution >= 0.6 is 11.3 Å². The molecule has 0 spiro atoms. The Balaban J connectivity index is 1.88. The van der Waals surface area contributed by atoms with Gasteiger partial charge in [-0.05, 0) is 45.2 Å². The zero-order valence-electron chi connectivity index (χ0n) is 11.4. The largest absolute Gasteiger partial charge is 0.375 e. The van der Waals surface area contributed by atoms with Crippen LogP contribution in [0.1, 0.15) is 42.0 Å². The molecule has 2 rings (SSSR count). The van der Waals surface area contributed by atoms with Crippen LogP contribution in [0.25, 0.3) is 0 Å². The third-order valence-electron chi connectivity index (χ3n) is 3.40. The van der Waals surface area contributed by atoms with E-state index < -0.39 is 0 Å². The Kier molecular flexibility index (Phi) is 4.78. The Morgan fingerprint density at radius 2 is 2.06 bits per heavy atom. The molecule has 102 valence electrons. The Morgan fingerprint density at radius 3 is 2.61 bits per heavy atom. The third kappa shape index (κ3) is 3.54. The van der Waals surface area contributed by atoms with Crippen molar-refractivity contribution in [2.75, 3.05) is 0 Å². The molecule has 2 heterocycles. The molecule has 0 aromatic carbocycles. The van der Waals surface area contributed by atoms with Gasteiger partial charge < -0.3 is 15.2 Å². The summed E-state index contributed by atoms with van der Waals surface area (Å²) in [4.78, 5) is 2.56. The molecular formula is C14H23NO2S. The van der Waals surface area contributed by atoms with Gasteiger partial charge in [0.25, 0.3) is 0 Å². The van der Waals surface area contributed by atoms with Crippen molar-refractivity contribution in [3.8, 4) is 0 Å². The fraction of sp³-hybridized carbons (Fsp3) is 0.714. The zero-order chi connectivity index (χ0) is 13.1. The van der Waals surface area contributed by atoms with Crippen LogP contribution in [-0.2, 0) is 22.6 Å². The van der Waals surface area contributed by atoms with Crippen molar-refractivity contribution < 1.29 is 9.47 Å². The lowest BCUT2D eigenvalue weighted by atomic mass is 10.0. The first-order valence-corrected chi connectivity index (χ1v) is 7.45. The smallest absolute Gasteiger partial charge is 0.0731 e. The van der Waals surface area contributed by atoms with Gasteiger partial charge in [-0.1, -0.05) is 0 Å². The van der Waals surface area contributed by atoms with Crippen molar-refractivity contribution in [2.24, 2.45) is 5.73 Å². The van der Waals surface area contributed by atoms with Gasteiger partial charge in [0.15, 0.2) is 0 Å². The topological polar surface area (TPSA) is 44.5 Å². The van der Waals surface area contributed by atoms with E-state index in [0.717, 1.165) is 12.8 Å². The van der Waals surface area contributed by atoms with Crippen LogP contribution < -0.4 is 5.73 Å². The standard InChI is InChI=1S/C14H23NO2S/c1-9-4-13(5-10(2)17-9)16-8-12-6-14(7-15)18-11(12)3/h6,9-10,13H,4-5,7-8,15H2,1-3H3. The second kappa shape index (κ2) is 6.15. The van der Waals surface area contributed by atoms with E-state index in [0.29, 0.717) is 31.5 Å². The molecule has 2 atom stereocenters. The highest BCUT2D eigenvalue weighted by atomic mass is 32.1. The molecule has 4 heteroatoms. The van der Waals surface area contributed by atoms with Gasteiger partial charge in [-0.15, -0.1) is 11.3 Å². The van der Waals surface area contributed by atoms with Gasteiger partial charge >= 0.3 is 0 Å². The highest BCUT2D eigenvalue weighted by molar-refractivity contribution is 7.12. The molecule has 1 aliphatic rings. The van der Waals surface area contributed by atoms with E-state index in [1.54, 1.807) is 11.3 Å². The van der Waals surface area contributed by atoms with Crippen LogP contribution in [0.15, 0.2) is 6.07 Å². The van der Waals surface area contributed by atoms with Gasteiger partial charge in [-0.3, -0.25) is 0 Å². The van der Waals surface area contributed by atoms with Crippen LogP contribution in [0.4, 0.5) is 0 Å². The van der Waals surface area contributed by atoms with Crippen molar-refractivity contribution in [1.82, 2.24) is 0 Å². The predicted molar refractivity (Wildman–Crippen MR) is 74.8 cm³/mol. The Labute approximate surface area is 113 Å². The lowest BCUT2D eigenvalue weighted by Gasteiger charge is -2.32. The van der Waals surface area contributed by atoms with E-state index >= 15 is 0 Å². The molecule has 2 N–H and O–H groups in total. The maximum Gasteiger partial charge on any atom is 0.0731 e. The summed E-state index contributed by atoms with van der Waals surface area (Å²) in [5, 5.41) is 0. The summed E-state index contributed by atoms with van der Waals surface area (Å²) < 4.78 is 11.8. The van der Waals surface area contributed by atoms with Crippen molar-refractivity contribution in [1.29, 1.82) is 0 Å². The normalized spacial score (nSPS) is 28.6. The van der Waals surface area contributed by atoms with Crippen LogP contribution in [0.2, 0.25) is 0 Å². The minimum atomic E-state index is 0.307. The lowest BCUT2D eigenvalue weighted by molar-refractivity contribution is -0.106. The maximum absolute atomic E-state index is 6.03. The first-order chi connectivity index (χ1) is 8.58. The number of aryl methyl sites for hydroxylation is 1. The maximum atomic E-state index is 6.03. The van der Waals surface area contributed by atoms with Gasteiger partial charge in [-0.25, -0.2) is 0 Å². The van der Waals surface area contributed by atoms with Gasteiger partial charge in [0.1, 0.15) is 0 Å². The number of thiophene rings is 1. The average Bonchev–Trinajstić information content (AvgIpc) is 2.66. The highest BCUT2D eigenvalue weighted by Gasteiger charge is 2.25. The molecule has 0 amide bonds. The minimum absolute atomic E-state index is 0.307. The van der Waals surface area contributed by atoms with E-state index in [4.69, 9.17) is 15.2 Å². The van der Waals surface area contributed by atoms with E-state index in [-0.39, 0.29) is 0 Å². The van der Waals surface area contributed by atoms with Gasteiger partial charge in [-0.2, -0.15) is 0 Å². The summed E-state index contributed by atoms with van der Waals surface area (Å²) in [5.41, 5.74) is 6.94. The molecule has 1 fully saturated rings. The molecule has 0 radical (unpaired) electrons. The third-order valence-corrected chi connectivity index (χ3v) is 4.52. The monoisotopic (exact) mass is 269 g/mol. The molecule has 0 bridgehead atoms. The molecule has 1 aromatic heterocycles. The fourth-order valence-corrected chi connectivity index (χ4v) is 3.45. The Bertz CT molecular complexity index is 381. The Hall–Kier alpha value is -0.420. The second-order valence-electron chi connectivity index (χ2n) is 5.16. The second-order valence-corrected chi connectivity index (χ2v) is 6.50. The first kappa shape index (κ1) is 14.0. The molecule has 2 unspecified atom stereocenters. The molecular weight excluding hydrogens is 246 g/mol. The molecule has 0 aliphatic carbocycles. The van der Waals surface area contributed by atoms with Crippen molar-refractivity contribution in [3.05, 3.63) is 21.4 Å². The van der Waals surface area contributed by atoms with Crippen LogP contribution in [0, 0.1) is 6.92 Å². The van der Waals surface area contributed by atoms with Crippen molar-refractivity contribution >= 4 is 11.3 Å². The van der Waals surface area contributed by atoms with E-state index in [1.165, 1.54) is 15.3 Å². The summed E-state index contributed by atoms with van der Waals surface area (Å²) >= 11 is 1.77. The number of nitrogens with two attached hydrogens (primary N) is 1. The van der Waals surface area contributed by atoms with Crippen molar-refractivity contribution in [3.63, 3.8) is 0 Å². The Morgan fingerprint density at radius 1 is 1.39 bits per heavy atom. The number of ether oxygens (including phenoxy) is 2. The van der Waals surface area contributed by atoms with E-state index in [2.05, 4.69) is 26.8 Å².